The van der Waals surface area contributed by atoms with E-state index in [-0.39, 0.29) is 5.46 Å². The zero-order chi connectivity index (χ0) is 10.8. The molecule has 1 aliphatic heterocycles. The van der Waals surface area contributed by atoms with Crippen molar-refractivity contribution in [3.05, 3.63) is 24.0 Å². The Balaban J connectivity index is 2.36. The van der Waals surface area contributed by atoms with Crippen LogP contribution in [0.15, 0.2) is 18.2 Å². The summed E-state index contributed by atoms with van der Waals surface area (Å²) in [4.78, 5) is 2.05. The molecule has 0 aliphatic carbocycles. The van der Waals surface area contributed by atoms with Crippen molar-refractivity contribution in [1.82, 2.24) is 0 Å². The van der Waals surface area contributed by atoms with Crippen LogP contribution in [0, 0.1) is 5.82 Å². The van der Waals surface area contributed by atoms with Gasteiger partial charge in [0, 0.05) is 24.2 Å². The molecule has 0 unspecified atom stereocenters. The normalized spacial score (nSPS) is 15.8. The zero-order valence-electron chi connectivity index (χ0n) is 8.36. The number of halogens is 1. The molecule has 0 spiro atoms. The summed E-state index contributed by atoms with van der Waals surface area (Å²) in [6.07, 6.45) is 2.19. The molecule has 1 fully saturated rings. The molecule has 0 aromatic heterocycles. The lowest BCUT2D eigenvalue weighted by Crippen LogP contribution is -2.36. The van der Waals surface area contributed by atoms with Crippen molar-refractivity contribution >= 4 is 18.3 Å². The highest BCUT2D eigenvalue weighted by Crippen LogP contribution is 2.18. The molecule has 3 nitrogen and oxygen atoms in total. The van der Waals surface area contributed by atoms with E-state index >= 15 is 0 Å². The SMILES string of the molecule is OB(O)c1cc(F)ccc1N1CCCC1. The van der Waals surface area contributed by atoms with Crippen molar-refractivity contribution in [3.63, 3.8) is 0 Å². The highest BCUT2D eigenvalue weighted by Gasteiger charge is 2.22. The first kappa shape index (κ1) is 10.5. The quantitative estimate of drug-likeness (QED) is 0.679. The maximum absolute atomic E-state index is 13.0. The van der Waals surface area contributed by atoms with Crippen LogP contribution < -0.4 is 10.4 Å². The molecule has 0 saturated carbocycles. The molecule has 0 bridgehead atoms. The summed E-state index contributed by atoms with van der Waals surface area (Å²) in [5, 5.41) is 18.3. The predicted molar refractivity (Wildman–Crippen MR) is 57.7 cm³/mol. The maximum Gasteiger partial charge on any atom is 0.490 e. The molecule has 0 amide bonds. The molecule has 1 aromatic carbocycles. The number of benzene rings is 1. The van der Waals surface area contributed by atoms with Crippen LogP contribution in [0.4, 0.5) is 10.1 Å². The van der Waals surface area contributed by atoms with Gasteiger partial charge in [0.15, 0.2) is 0 Å². The van der Waals surface area contributed by atoms with E-state index in [4.69, 9.17) is 10.0 Å². The molecule has 1 aliphatic rings. The molecule has 1 heterocycles. The summed E-state index contributed by atoms with van der Waals surface area (Å²) in [5.41, 5.74) is 0.973. The molecule has 15 heavy (non-hydrogen) atoms. The lowest BCUT2D eigenvalue weighted by molar-refractivity contribution is 0.425. The van der Waals surface area contributed by atoms with E-state index in [1.54, 1.807) is 6.07 Å². The van der Waals surface area contributed by atoms with E-state index in [1.807, 2.05) is 4.90 Å². The van der Waals surface area contributed by atoms with Crippen LogP contribution in [-0.4, -0.2) is 30.3 Å². The molecule has 0 atom stereocenters. The average molecular weight is 209 g/mol. The van der Waals surface area contributed by atoms with Gasteiger partial charge in [-0.2, -0.15) is 0 Å². The van der Waals surface area contributed by atoms with Crippen molar-refractivity contribution < 1.29 is 14.4 Å². The topological polar surface area (TPSA) is 43.7 Å². The fourth-order valence-corrected chi connectivity index (χ4v) is 1.98. The minimum absolute atomic E-state index is 0.247. The first-order valence-corrected chi connectivity index (χ1v) is 5.09. The summed E-state index contributed by atoms with van der Waals surface area (Å²) in [6.45, 7) is 1.79. The molecule has 2 N–H and O–H groups in total. The third-order valence-electron chi connectivity index (χ3n) is 2.71. The second-order valence-corrected chi connectivity index (χ2v) is 3.77. The lowest BCUT2D eigenvalue weighted by atomic mass is 9.78. The van der Waals surface area contributed by atoms with Crippen LogP contribution in [-0.2, 0) is 0 Å². The number of anilines is 1. The van der Waals surface area contributed by atoms with E-state index in [9.17, 15) is 4.39 Å². The molecule has 2 rings (SSSR count). The minimum atomic E-state index is -1.61. The van der Waals surface area contributed by atoms with Gasteiger partial charge in [-0.1, -0.05) is 0 Å². The third kappa shape index (κ3) is 2.13. The van der Waals surface area contributed by atoms with E-state index in [0.717, 1.165) is 31.6 Å². The number of hydrogen-bond acceptors (Lipinski definition) is 3. The molecular weight excluding hydrogens is 196 g/mol. The van der Waals surface area contributed by atoms with Crippen LogP contribution in [0.25, 0.3) is 0 Å². The minimum Gasteiger partial charge on any atom is -0.423 e. The summed E-state index contributed by atoms with van der Waals surface area (Å²) in [5.74, 6) is -0.443. The fourth-order valence-electron chi connectivity index (χ4n) is 1.98. The number of rotatable bonds is 2. The van der Waals surface area contributed by atoms with Gasteiger partial charge in [0.25, 0.3) is 0 Å². The van der Waals surface area contributed by atoms with Crippen molar-refractivity contribution in [1.29, 1.82) is 0 Å². The van der Waals surface area contributed by atoms with Gasteiger partial charge < -0.3 is 14.9 Å². The summed E-state index contributed by atoms with van der Waals surface area (Å²) in [7, 11) is -1.61. The Morgan fingerprint density at radius 3 is 2.47 bits per heavy atom. The fraction of sp³-hybridized carbons (Fsp3) is 0.400. The smallest absolute Gasteiger partial charge is 0.423 e. The first-order valence-electron chi connectivity index (χ1n) is 5.09. The number of hydrogen-bond donors (Lipinski definition) is 2. The molecular formula is C10H13BFNO2. The molecule has 1 saturated heterocycles. The van der Waals surface area contributed by atoms with Crippen molar-refractivity contribution in [3.8, 4) is 0 Å². The van der Waals surface area contributed by atoms with E-state index in [2.05, 4.69) is 0 Å². The van der Waals surface area contributed by atoms with Gasteiger partial charge in [0.1, 0.15) is 5.82 Å². The van der Waals surface area contributed by atoms with Gasteiger partial charge in [-0.05, 0) is 31.0 Å². The van der Waals surface area contributed by atoms with Crippen LogP contribution in [0.2, 0.25) is 0 Å². The van der Waals surface area contributed by atoms with Gasteiger partial charge in [0.05, 0.1) is 0 Å². The maximum atomic E-state index is 13.0. The first-order chi connectivity index (χ1) is 7.18. The molecule has 80 valence electrons. The lowest BCUT2D eigenvalue weighted by Gasteiger charge is -2.21. The Morgan fingerprint density at radius 1 is 1.20 bits per heavy atom. The predicted octanol–water partition coefficient (Wildman–Crippen LogP) is 0.106. The van der Waals surface area contributed by atoms with Crippen molar-refractivity contribution in [2.75, 3.05) is 18.0 Å². The van der Waals surface area contributed by atoms with Crippen LogP contribution in [0.3, 0.4) is 0 Å². The molecule has 0 radical (unpaired) electrons. The Hall–Kier alpha value is -1.07. The Morgan fingerprint density at radius 2 is 1.87 bits per heavy atom. The van der Waals surface area contributed by atoms with Crippen molar-refractivity contribution in [2.45, 2.75) is 12.8 Å². The molecule has 5 heteroatoms. The Labute approximate surface area is 88.3 Å². The second kappa shape index (κ2) is 4.20. The second-order valence-electron chi connectivity index (χ2n) is 3.77. The van der Waals surface area contributed by atoms with Gasteiger partial charge in [-0.25, -0.2) is 4.39 Å². The van der Waals surface area contributed by atoms with E-state index in [1.165, 1.54) is 12.1 Å². The standard InChI is InChI=1S/C10H13BFNO2/c12-8-3-4-10(9(7-8)11(14)15)13-5-1-2-6-13/h3-4,7,14-15H,1-2,5-6H2. The summed E-state index contributed by atoms with van der Waals surface area (Å²) in [6, 6.07) is 4.13. The van der Waals surface area contributed by atoms with Gasteiger partial charge in [-0.3, -0.25) is 0 Å². The zero-order valence-corrected chi connectivity index (χ0v) is 8.36. The summed E-state index contributed by atoms with van der Waals surface area (Å²) < 4.78 is 13.0. The van der Waals surface area contributed by atoms with Crippen molar-refractivity contribution in [2.24, 2.45) is 0 Å². The highest BCUT2D eigenvalue weighted by molar-refractivity contribution is 6.60. The molecule has 1 aromatic rings. The Bertz CT molecular complexity index is 353. The largest absolute Gasteiger partial charge is 0.490 e. The summed E-state index contributed by atoms with van der Waals surface area (Å²) >= 11 is 0. The monoisotopic (exact) mass is 209 g/mol. The Kier molecular flexibility index (Phi) is 2.93. The van der Waals surface area contributed by atoms with Crippen LogP contribution in [0.1, 0.15) is 12.8 Å². The van der Waals surface area contributed by atoms with Gasteiger partial charge >= 0.3 is 7.12 Å². The van der Waals surface area contributed by atoms with E-state index < -0.39 is 12.9 Å². The third-order valence-corrected chi connectivity index (χ3v) is 2.71. The highest BCUT2D eigenvalue weighted by atomic mass is 19.1. The van der Waals surface area contributed by atoms with E-state index in [0.29, 0.717) is 0 Å². The number of nitrogens with zero attached hydrogens (tertiary/aromatic N) is 1. The van der Waals surface area contributed by atoms with Crippen LogP contribution in [0.5, 0.6) is 0 Å². The average Bonchev–Trinajstić information content (AvgIpc) is 2.70. The van der Waals surface area contributed by atoms with Gasteiger partial charge in [-0.15, -0.1) is 0 Å². The van der Waals surface area contributed by atoms with Crippen LogP contribution >= 0.6 is 0 Å². The van der Waals surface area contributed by atoms with Gasteiger partial charge in [0.2, 0.25) is 0 Å².